The van der Waals surface area contributed by atoms with E-state index in [4.69, 9.17) is 16.3 Å². The van der Waals surface area contributed by atoms with E-state index in [-0.39, 0.29) is 6.04 Å². The van der Waals surface area contributed by atoms with E-state index >= 15 is 0 Å². The molecule has 0 fully saturated rings. The van der Waals surface area contributed by atoms with Gasteiger partial charge in [0.2, 0.25) is 0 Å². The molecule has 0 aliphatic carbocycles. The van der Waals surface area contributed by atoms with Gasteiger partial charge in [0, 0.05) is 5.02 Å². The lowest BCUT2D eigenvalue weighted by Crippen LogP contribution is -2.34. The fourth-order valence-electron chi connectivity index (χ4n) is 2.22. The summed E-state index contributed by atoms with van der Waals surface area (Å²) in [4.78, 5) is 0. The summed E-state index contributed by atoms with van der Waals surface area (Å²) in [7, 11) is 0. The highest BCUT2D eigenvalue weighted by Crippen LogP contribution is 2.21. The maximum Gasteiger partial charge on any atom is 0.109 e. The van der Waals surface area contributed by atoms with Crippen LogP contribution in [0.4, 0.5) is 0 Å². The smallest absolute Gasteiger partial charge is 0.109 e. The topological polar surface area (TPSA) is 21.3 Å². The number of nitrogens with one attached hydrogen (secondary N) is 1. The Bertz CT molecular complexity index is 417. The van der Waals surface area contributed by atoms with Gasteiger partial charge >= 0.3 is 0 Å². The second-order valence-corrected chi connectivity index (χ2v) is 4.91. The van der Waals surface area contributed by atoms with Crippen molar-refractivity contribution in [1.82, 2.24) is 5.32 Å². The summed E-state index contributed by atoms with van der Waals surface area (Å²) in [5.74, 6) is 1.07. The van der Waals surface area contributed by atoms with Gasteiger partial charge in [-0.3, -0.25) is 0 Å². The van der Waals surface area contributed by atoms with Gasteiger partial charge in [-0.25, -0.2) is 0 Å². The van der Waals surface area contributed by atoms with Gasteiger partial charge in [0.1, 0.15) is 5.76 Å². The monoisotopic (exact) mass is 265 g/mol. The number of likely N-dealkylation sites (N-methyl/N-ethyl adjacent to an activating group) is 1. The molecular weight excluding hydrogens is 246 g/mol. The second-order valence-electron chi connectivity index (χ2n) is 4.50. The van der Waals surface area contributed by atoms with Crippen LogP contribution in [0.25, 0.3) is 0 Å². The molecule has 0 saturated carbocycles. The molecule has 1 unspecified atom stereocenters. The van der Waals surface area contributed by atoms with E-state index in [1.165, 1.54) is 5.56 Å². The SMILES string of the molecule is CCNC(Cc1ccccc1Cl)C1=CCCCO1. The molecule has 0 amide bonds. The van der Waals surface area contributed by atoms with Crippen LogP contribution in [-0.2, 0) is 11.2 Å². The lowest BCUT2D eigenvalue weighted by atomic mass is 10.0. The standard InChI is InChI=1S/C15H20ClNO/c1-2-17-14(15-9-5-6-10-18-15)11-12-7-3-4-8-13(12)16/h3-4,7-9,14,17H,2,5-6,10-11H2,1H3. The Hall–Kier alpha value is -0.990. The Morgan fingerprint density at radius 2 is 2.22 bits per heavy atom. The van der Waals surface area contributed by atoms with Gasteiger partial charge in [-0.2, -0.15) is 0 Å². The van der Waals surface area contributed by atoms with Crippen LogP contribution in [0.3, 0.4) is 0 Å². The fourth-order valence-corrected chi connectivity index (χ4v) is 2.44. The molecule has 0 bridgehead atoms. The maximum atomic E-state index is 6.22. The van der Waals surface area contributed by atoms with Crippen molar-refractivity contribution in [2.24, 2.45) is 0 Å². The average Bonchev–Trinajstić information content (AvgIpc) is 2.42. The van der Waals surface area contributed by atoms with Crippen molar-refractivity contribution < 1.29 is 4.74 Å². The Kier molecular flexibility index (Phi) is 5.09. The molecule has 1 aliphatic heterocycles. The van der Waals surface area contributed by atoms with Gasteiger partial charge in [0.15, 0.2) is 0 Å². The number of allylic oxidation sites excluding steroid dienone is 1. The lowest BCUT2D eigenvalue weighted by molar-refractivity contribution is 0.167. The summed E-state index contributed by atoms with van der Waals surface area (Å²) in [6, 6.07) is 8.24. The van der Waals surface area contributed by atoms with Crippen LogP contribution in [0, 0.1) is 0 Å². The molecule has 1 heterocycles. The molecule has 0 spiro atoms. The molecule has 0 saturated heterocycles. The molecule has 1 aliphatic rings. The largest absolute Gasteiger partial charge is 0.497 e. The molecule has 0 aromatic heterocycles. The molecular formula is C15H20ClNO. The molecule has 0 radical (unpaired) electrons. The number of hydrogen-bond donors (Lipinski definition) is 1. The minimum absolute atomic E-state index is 0.232. The van der Waals surface area contributed by atoms with E-state index in [1.54, 1.807) is 0 Å². The Morgan fingerprint density at radius 1 is 1.39 bits per heavy atom. The first-order chi connectivity index (χ1) is 8.81. The molecule has 1 aromatic rings. The second kappa shape index (κ2) is 6.81. The molecule has 1 atom stereocenters. The number of halogens is 1. The fraction of sp³-hybridized carbons (Fsp3) is 0.467. The summed E-state index contributed by atoms with van der Waals surface area (Å²) in [6.45, 7) is 3.87. The number of ether oxygens (including phenoxy) is 1. The van der Waals surface area contributed by atoms with Gasteiger partial charge in [0.05, 0.1) is 12.6 Å². The predicted octanol–water partition coefficient (Wildman–Crippen LogP) is 3.55. The van der Waals surface area contributed by atoms with Crippen molar-refractivity contribution in [3.05, 3.63) is 46.7 Å². The molecule has 1 aromatic carbocycles. The van der Waals surface area contributed by atoms with Crippen LogP contribution in [0.2, 0.25) is 5.02 Å². The molecule has 2 rings (SSSR count). The van der Waals surface area contributed by atoms with Crippen molar-refractivity contribution in [1.29, 1.82) is 0 Å². The van der Waals surface area contributed by atoms with Crippen LogP contribution in [-0.4, -0.2) is 19.2 Å². The molecule has 18 heavy (non-hydrogen) atoms. The first-order valence-corrected chi connectivity index (χ1v) is 6.98. The van der Waals surface area contributed by atoms with E-state index < -0.39 is 0 Å². The molecule has 1 N–H and O–H groups in total. The highest BCUT2D eigenvalue weighted by atomic mass is 35.5. The summed E-state index contributed by atoms with van der Waals surface area (Å²) in [5, 5.41) is 4.31. The highest BCUT2D eigenvalue weighted by molar-refractivity contribution is 6.31. The first-order valence-electron chi connectivity index (χ1n) is 6.61. The molecule has 98 valence electrons. The number of hydrogen-bond acceptors (Lipinski definition) is 2. The third-order valence-electron chi connectivity index (χ3n) is 3.14. The average molecular weight is 266 g/mol. The first kappa shape index (κ1) is 13.4. The lowest BCUT2D eigenvalue weighted by Gasteiger charge is -2.24. The Labute approximate surface area is 114 Å². The zero-order valence-corrected chi connectivity index (χ0v) is 11.5. The van der Waals surface area contributed by atoms with Crippen LogP contribution in [0.5, 0.6) is 0 Å². The van der Waals surface area contributed by atoms with Gasteiger partial charge in [-0.1, -0.05) is 36.7 Å². The van der Waals surface area contributed by atoms with Crippen LogP contribution in [0.15, 0.2) is 36.1 Å². The molecule has 2 nitrogen and oxygen atoms in total. The minimum Gasteiger partial charge on any atom is -0.497 e. The van der Waals surface area contributed by atoms with Crippen molar-refractivity contribution in [2.75, 3.05) is 13.2 Å². The summed E-state index contributed by atoms with van der Waals surface area (Å²) in [6.07, 6.45) is 5.31. The predicted molar refractivity (Wildman–Crippen MR) is 75.9 cm³/mol. The van der Waals surface area contributed by atoms with Crippen molar-refractivity contribution >= 4 is 11.6 Å². The van der Waals surface area contributed by atoms with E-state index in [2.05, 4.69) is 24.4 Å². The minimum atomic E-state index is 0.232. The zero-order chi connectivity index (χ0) is 12.8. The normalized spacial score (nSPS) is 16.9. The Balaban J connectivity index is 2.11. The van der Waals surface area contributed by atoms with Crippen LogP contribution >= 0.6 is 11.6 Å². The van der Waals surface area contributed by atoms with Gasteiger partial charge in [-0.15, -0.1) is 0 Å². The van der Waals surface area contributed by atoms with Crippen molar-refractivity contribution in [3.8, 4) is 0 Å². The van der Waals surface area contributed by atoms with E-state index in [1.807, 2.05) is 18.2 Å². The summed E-state index contributed by atoms with van der Waals surface area (Å²) < 4.78 is 5.76. The van der Waals surface area contributed by atoms with Crippen molar-refractivity contribution in [3.63, 3.8) is 0 Å². The van der Waals surface area contributed by atoms with Crippen LogP contribution < -0.4 is 5.32 Å². The zero-order valence-electron chi connectivity index (χ0n) is 10.8. The summed E-state index contributed by atoms with van der Waals surface area (Å²) in [5.41, 5.74) is 1.17. The van der Waals surface area contributed by atoms with E-state index in [0.717, 1.165) is 43.2 Å². The van der Waals surface area contributed by atoms with Gasteiger partial charge < -0.3 is 10.1 Å². The number of rotatable bonds is 5. The summed E-state index contributed by atoms with van der Waals surface area (Å²) >= 11 is 6.22. The third kappa shape index (κ3) is 3.50. The van der Waals surface area contributed by atoms with Crippen LogP contribution in [0.1, 0.15) is 25.3 Å². The van der Waals surface area contributed by atoms with Gasteiger partial charge in [0.25, 0.3) is 0 Å². The molecule has 3 heteroatoms. The van der Waals surface area contributed by atoms with E-state index in [0.29, 0.717) is 0 Å². The Morgan fingerprint density at radius 3 is 2.89 bits per heavy atom. The maximum absolute atomic E-state index is 6.22. The third-order valence-corrected chi connectivity index (χ3v) is 3.51. The van der Waals surface area contributed by atoms with Crippen molar-refractivity contribution in [2.45, 2.75) is 32.2 Å². The van der Waals surface area contributed by atoms with Gasteiger partial charge in [-0.05, 0) is 43.5 Å². The highest BCUT2D eigenvalue weighted by Gasteiger charge is 2.18. The number of benzene rings is 1. The quantitative estimate of drug-likeness (QED) is 0.879. The van der Waals surface area contributed by atoms with E-state index in [9.17, 15) is 0 Å².